The van der Waals surface area contributed by atoms with E-state index in [0.717, 1.165) is 11.3 Å². The Kier molecular flexibility index (Phi) is 5.71. The van der Waals surface area contributed by atoms with Gasteiger partial charge in [-0.15, -0.1) is 0 Å². The summed E-state index contributed by atoms with van der Waals surface area (Å²) in [6.45, 7) is 5.20. The van der Waals surface area contributed by atoms with Crippen molar-refractivity contribution in [3.63, 3.8) is 0 Å². The van der Waals surface area contributed by atoms with Gasteiger partial charge in [-0.05, 0) is 32.9 Å². The molecular formula is C17H20N2O6S. The highest BCUT2D eigenvalue weighted by Crippen LogP contribution is 2.39. The predicted molar refractivity (Wildman–Crippen MR) is 97.0 cm³/mol. The highest BCUT2D eigenvalue weighted by Gasteiger charge is 2.30. The molecule has 140 valence electrons. The third-order valence-corrected chi connectivity index (χ3v) is 4.07. The number of carboxylic acid groups (broad SMARTS) is 1. The summed E-state index contributed by atoms with van der Waals surface area (Å²) in [7, 11) is 2.97. The van der Waals surface area contributed by atoms with Gasteiger partial charge in [0, 0.05) is 6.07 Å². The number of methoxy groups -OCH3 is 2. The summed E-state index contributed by atoms with van der Waals surface area (Å²) < 4.78 is 16.0. The Morgan fingerprint density at radius 1 is 1.19 bits per heavy atom. The van der Waals surface area contributed by atoms with Gasteiger partial charge in [0.05, 0.1) is 26.1 Å². The lowest BCUT2D eigenvalue weighted by Crippen LogP contribution is -2.34. The number of carbonyl (C=O) groups excluding carboxylic acids is 1. The van der Waals surface area contributed by atoms with Crippen LogP contribution in [0.4, 0.5) is 15.6 Å². The molecule has 0 spiro atoms. The molecule has 0 atom stereocenters. The van der Waals surface area contributed by atoms with Crippen LogP contribution in [0.1, 0.15) is 30.4 Å². The highest BCUT2D eigenvalue weighted by molar-refractivity contribution is 7.17. The van der Waals surface area contributed by atoms with Gasteiger partial charge in [-0.25, -0.2) is 19.5 Å². The second-order valence-corrected chi connectivity index (χ2v) is 7.17. The first kappa shape index (κ1) is 19.5. The molecule has 0 saturated heterocycles. The van der Waals surface area contributed by atoms with Crippen molar-refractivity contribution >= 4 is 34.2 Å². The normalized spacial score (nSPS) is 11.0. The highest BCUT2D eigenvalue weighted by atomic mass is 32.1. The molecule has 1 aromatic heterocycles. The minimum Gasteiger partial charge on any atom is -0.497 e. The molecule has 0 aliphatic heterocycles. The average molecular weight is 380 g/mol. The zero-order chi connectivity index (χ0) is 19.5. The maximum absolute atomic E-state index is 12.8. The summed E-state index contributed by atoms with van der Waals surface area (Å²) in [5.74, 6) is -0.234. The van der Waals surface area contributed by atoms with E-state index >= 15 is 0 Å². The van der Waals surface area contributed by atoms with E-state index in [1.807, 2.05) is 0 Å². The second-order valence-electron chi connectivity index (χ2n) is 6.17. The molecule has 2 rings (SSSR count). The van der Waals surface area contributed by atoms with Gasteiger partial charge in [0.2, 0.25) is 0 Å². The summed E-state index contributed by atoms with van der Waals surface area (Å²) in [4.78, 5) is 29.2. The number of anilines is 2. The van der Waals surface area contributed by atoms with Crippen molar-refractivity contribution in [3.05, 3.63) is 29.3 Å². The van der Waals surface area contributed by atoms with Crippen LogP contribution in [0.5, 0.6) is 11.5 Å². The topological polar surface area (TPSA) is 98.2 Å². The van der Waals surface area contributed by atoms with Crippen molar-refractivity contribution in [3.8, 4) is 11.5 Å². The molecule has 1 heterocycles. The number of aromatic nitrogens is 1. The van der Waals surface area contributed by atoms with Gasteiger partial charge in [-0.3, -0.25) is 0 Å². The molecule has 0 unspecified atom stereocenters. The van der Waals surface area contributed by atoms with E-state index in [0.29, 0.717) is 17.2 Å². The lowest BCUT2D eigenvalue weighted by atomic mass is 10.2. The molecule has 0 aliphatic rings. The molecule has 9 heteroatoms. The predicted octanol–water partition coefficient (Wildman–Crippen LogP) is 3.93. The smallest absolute Gasteiger partial charge is 0.421 e. The molecule has 0 aliphatic carbocycles. The minimum absolute atomic E-state index is 0.000960. The van der Waals surface area contributed by atoms with Crippen molar-refractivity contribution in [2.45, 2.75) is 26.4 Å². The zero-order valence-corrected chi connectivity index (χ0v) is 15.9. The van der Waals surface area contributed by atoms with Gasteiger partial charge < -0.3 is 19.3 Å². The number of benzene rings is 1. The molecule has 0 saturated carbocycles. The average Bonchev–Trinajstić information content (AvgIpc) is 3.03. The van der Waals surface area contributed by atoms with E-state index < -0.39 is 17.7 Å². The minimum atomic E-state index is -1.13. The standard InChI is InChI=1S/C17H20N2O6S/c1-17(2,3)25-16(22)19(15-18-9-13(26-15)14(20)21)11-7-6-10(23-4)8-12(11)24-5/h6-9H,1-5H3,(H,20,21). The molecular weight excluding hydrogens is 360 g/mol. The number of carbonyl (C=O) groups is 2. The first-order chi connectivity index (χ1) is 12.2. The van der Waals surface area contributed by atoms with Crippen molar-refractivity contribution in [2.24, 2.45) is 0 Å². The Morgan fingerprint density at radius 2 is 1.88 bits per heavy atom. The zero-order valence-electron chi connectivity index (χ0n) is 15.1. The molecule has 0 fully saturated rings. The Morgan fingerprint density at radius 3 is 2.38 bits per heavy atom. The Labute approximate surface area is 154 Å². The molecule has 1 aromatic carbocycles. The molecule has 8 nitrogen and oxygen atoms in total. The molecule has 26 heavy (non-hydrogen) atoms. The first-order valence-electron chi connectivity index (χ1n) is 7.60. The number of rotatable bonds is 5. The van der Waals surface area contributed by atoms with Crippen LogP contribution in [-0.4, -0.2) is 42.0 Å². The lowest BCUT2D eigenvalue weighted by Gasteiger charge is -2.26. The second kappa shape index (κ2) is 7.61. The van der Waals surface area contributed by atoms with E-state index in [4.69, 9.17) is 19.3 Å². The van der Waals surface area contributed by atoms with Gasteiger partial charge in [-0.1, -0.05) is 11.3 Å². The van der Waals surface area contributed by atoms with E-state index in [2.05, 4.69) is 4.98 Å². The fourth-order valence-electron chi connectivity index (χ4n) is 2.02. The number of hydrogen-bond donors (Lipinski definition) is 1. The molecule has 0 radical (unpaired) electrons. The van der Waals surface area contributed by atoms with Crippen LogP contribution >= 0.6 is 11.3 Å². The van der Waals surface area contributed by atoms with Gasteiger partial charge in [0.15, 0.2) is 5.13 Å². The lowest BCUT2D eigenvalue weighted by molar-refractivity contribution is 0.0597. The fraction of sp³-hybridized carbons (Fsp3) is 0.353. The number of nitrogens with zero attached hydrogens (tertiary/aromatic N) is 2. The Bertz CT molecular complexity index is 812. The maximum atomic E-state index is 12.8. The van der Waals surface area contributed by atoms with Crippen LogP contribution in [0, 0.1) is 0 Å². The molecule has 2 aromatic rings. The summed E-state index contributed by atoms with van der Waals surface area (Å²) in [5, 5.41) is 9.29. The van der Waals surface area contributed by atoms with E-state index in [1.165, 1.54) is 25.3 Å². The molecule has 0 bridgehead atoms. The van der Waals surface area contributed by atoms with Crippen LogP contribution < -0.4 is 14.4 Å². The van der Waals surface area contributed by atoms with Gasteiger partial charge >= 0.3 is 12.1 Å². The van der Waals surface area contributed by atoms with Crippen molar-refractivity contribution in [2.75, 3.05) is 19.1 Å². The number of hydrogen-bond acceptors (Lipinski definition) is 7. The Hall–Kier alpha value is -2.81. The third-order valence-electron chi connectivity index (χ3n) is 3.10. The van der Waals surface area contributed by atoms with Gasteiger partial charge in [-0.2, -0.15) is 0 Å². The van der Waals surface area contributed by atoms with E-state index in [1.54, 1.807) is 39.0 Å². The van der Waals surface area contributed by atoms with Crippen LogP contribution in [-0.2, 0) is 4.74 Å². The van der Waals surface area contributed by atoms with Gasteiger partial charge in [0.25, 0.3) is 0 Å². The number of ether oxygens (including phenoxy) is 3. The molecule has 1 N–H and O–H groups in total. The monoisotopic (exact) mass is 380 g/mol. The molecule has 1 amide bonds. The van der Waals surface area contributed by atoms with Crippen LogP contribution in [0.15, 0.2) is 24.4 Å². The summed E-state index contributed by atoms with van der Waals surface area (Å²) >= 11 is 0.855. The largest absolute Gasteiger partial charge is 0.497 e. The van der Waals surface area contributed by atoms with Crippen LogP contribution in [0.2, 0.25) is 0 Å². The first-order valence-corrected chi connectivity index (χ1v) is 8.42. The van der Waals surface area contributed by atoms with Crippen molar-refractivity contribution in [1.29, 1.82) is 0 Å². The fourth-order valence-corrected chi connectivity index (χ4v) is 2.78. The Balaban J connectivity index is 2.56. The number of thiazole rings is 1. The number of amides is 1. The van der Waals surface area contributed by atoms with E-state index in [-0.39, 0.29) is 10.0 Å². The van der Waals surface area contributed by atoms with Gasteiger partial charge in [0.1, 0.15) is 22.0 Å². The van der Waals surface area contributed by atoms with Crippen molar-refractivity contribution < 1.29 is 28.9 Å². The van der Waals surface area contributed by atoms with E-state index in [9.17, 15) is 9.59 Å². The van der Waals surface area contributed by atoms with Crippen LogP contribution in [0.3, 0.4) is 0 Å². The quantitative estimate of drug-likeness (QED) is 0.839. The van der Waals surface area contributed by atoms with Crippen molar-refractivity contribution in [1.82, 2.24) is 4.98 Å². The SMILES string of the molecule is COc1ccc(N(C(=O)OC(C)(C)C)c2ncc(C(=O)O)s2)c(OC)c1. The third kappa shape index (κ3) is 4.42. The summed E-state index contributed by atoms with van der Waals surface area (Å²) in [6, 6.07) is 4.88. The number of aromatic carboxylic acids is 1. The summed E-state index contributed by atoms with van der Waals surface area (Å²) in [5.41, 5.74) is -0.393. The van der Waals surface area contributed by atoms with Crippen LogP contribution in [0.25, 0.3) is 0 Å². The number of carboxylic acids is 1. The summed E-state index contributed by atoms with van der Waals surface area (Å²) in [6.07, 6.45) is 0.489. The maximum Gasteiger partial charge on any atom is 0.421 e.